The highest BCUT2D eigenvalue weighted by Gasteiger charge is 2.17. The third kappa shape index (κ3) is 3.02. The summed E-state index contributed by atoms with van der Waals surface area (Å²) in [5.41, 5.74) is 7.39. The van der Waals surface area contributed by atoms with Crippen molar-refractivity contribution in [2.45, 2.75) is 19.9 Å². The number of oxazole rings is 1. The van der Waals surface area contributed by atoms with Gasteiger partial charge in [0.2, 0.25) is 5.91 Å². The molecule has 7 heteroatoms. The molecule has 0 aliphatic heterocycles. The molecule has 0 aliphatic rings. The molecule has 2 atom stereocenters. The Bertz CT molecular complexity index is 675. The van der Waals surface area contributed by atoms with E-state index in [0.29, 0.717) is 16.8 Å². The highest BCUT2D eigenvalue weighted by molar-refractivity contribution is 5.94. The Morgan fingerprint density at radius 1 is 1.40 bits per heavy atom. The van der Waals surface area contributed by atoms with Gasteiger partial charge in [0.1, 0.15) is 0 Å². The minimum Gasteiger partial charge on any atom is -0.408 e. The van der Waals surface area contributed by atoms with Gasteiger partial charge < -0.3 is 15.5 Å². The van der Waals surface area contributed by atoms with Crippen molar-refractivity contribution >= 4 is 35.1 Å². The standard InChI is InChI=1S/C13H17N3O3.ClH/c1-7(8(2)14)12(17)15-9-4-5-10-11(6-9)19-13(18)16(10)3;/h4-8H,14H2,1-3H3,(H,15,17);1H. The lowest BCUT2D eigenvalue weighted by Gasteiger charge is -2.15. The number of aromatic nitrogens is 1. The van der Waals surface area contributed by atoms with Crippen LogP contribution in [0.3, 0.4) is 0 Å². The first-order chi connectivity index (χ1) is 8.90. The van der Waals surface area contributed by atoms with Crippen LogP contribution in [-0.4, -0.2) is 16.5 Å². The largest absolute Gasteiger partial charge is 0.419 e. The molecule has 20 heavy (non-hydrogen) atoms. The molecule has 2 aromatic rings. The average Bonchev–Trinajstić information content (AvgIpc) is 2.63. The summed E-state index contributed by atoms with van der Waals surface area (Å²) in [5, 5.41) is 2.75. The molecular formula is C13H18ClN3O3. The van der Waals surface area contributed by atoms with E-state index in [1.54, 1.807) is 39.1 Å². The number of hydrogen-bond donors (Lipinski definition) is 2. The molecule has 0 radical (unpaired) electrons. The number of rotatable bonds is 3. The number of amides is 1. The van der Waals surface area contributed by atoms with Crippen LogP contribution in [0.5, 0.6) is 0 Å². The summed E-state index contributed by atoms with van der Waals surface area (Å²) >= 11 is 0. The molecule has 0 saturated carbocycles. The second-order valence-corrected chi connectivity index (χ2v) is 4.75. The van der Waals surface area contributed by atoms with E-state index in [0.717, 1.165) is 0 Å². The quantitative estimate of drug-likeness (QED) is 0.898. The van der Waals surface area contributed by atoms with Gasteiger partial charge in [-0.15, -0.1) is 12.4 Å². The molecule has 0 fully saturated rings. The molecule has 1 heterocycles. The van der Waals surface area contributed by atoms with E-state index in [-0.39, 0.29) is 30.3 Å². The van der Waals surface area contributed by atoms with Crippen molar-refractivity contribution in [1.29, 1.82) is 0 Å². The third-order valence-corrected chi connectivity index (χ3v) is 3.26. The van der Waals surface area contributed by atoms with Gasteiger partial charge >= 0.3 is 5.76 Å². The fraction of sp³-hybridized carbons (Fsp3) is 0.385. The summed E-state index contributed by atoms with van der Waals surface area (Å²) in [6.07, 6.45) is 0. The first-order valence-corrected chi connectivity index (χ1v) is 6.06. The average molecular weight is 300 g/mol. The zero-order valence-electron chi connectivity index (χ0n) is 11.5. The molecule has 110 valence electrons. The number of hydrogen-bond acceptors (Lipinski definition) is 4. The maximum atomic E-state index is 11.9. The zero-order valence-corrected chi connectivity index (χ0v) is 12.4. The smallest absolute Gasteiger partial charge is 0.408 e. The van der Waals surface area contributed by atoms with Gasteiger partial charge in [0.25, 0.3) is 0 Å². The molecular weight excluding hydrogens is 282 g/mol. The van der Waals surface area contributed by atoms with Crippen molar-refractivity contribution in [3.05, 3.63) is 28.7 Å². The highest BCUT2D eigenvalue weighted by Crippen LogP contribution is 2.18. The molecule has 2 rings (SSSR count). The number of aryl methyl sites for hydroxylation is 1. The summed E-state index contributed by atoms with van der Waals surface area (Å²) in [7, 11) is 1.63. The fourth-order valence-corrected chi connectivity index (χ4v) is 1.71. The molecule has 6 nitrogen and oxygen atoms in total. The molecule has 0 spiro atoms. The number of halogens is 1. The van der Waals surface area contributed by atoms with Gasteiger partial charge in [0.15, 0.2) is 5.58 Å². The van der Waals surface area contributed by atoms with Gasteiger partial charge in [-0.2, -0.15) is 0 Å². The number of nitrogens with zero attached hydrogens (tertiary/aromatic N) is 1. The van der Waals surface area contributed by atoms with Crippen molar-refractivity contribution in [2.75, 3.05) is 5.32 Å². The number of anilines is 1. The lowest BCUT2D eigenvalue weighted by Crippen LogP contribution is -2.34. The van der Waals surface area contributed by atoms with Crippen LogP contribution in [0.25, 0.3) is 11.1 Å². The van der Waals surface area contributed by atoms with E-state index in [9.17, 15) is 9.59 Å². The Balaban J connectivity index is 0.00000200. The fourth-order valence-electron chi connectivity index (χ4n) is 1.71. The summed E-state index contributed by atoms with van der Waals surface area (Å²) < 4.78 is 6.47. The minimum absolute atomic E-state index is 0. The number of benzene rings is 1. The number of fused-ring (bicyclic) bond motifs is 1. The molecule has 0 aliphatic carbocycles. The Labute approximate surface area is 122 Å². The molecule has 0 saturated heterocycles. The van der Waals surface area contributed by atoms with E-state index in [4.69, 9.17) is 10.2 Å². The summed E-state index contributed by atoms with van der Waals surface area (Å²) in [5.74, 6) is -0.881. The van der Waals surface area contributed by atoms with Crippen LogP contribution < -0.4 is 16.8 Å². The molecule has 1 aromatic heterocycles. The Morgan fingerprint density at radius 2 is 2.05 bits per heavy atom. The van der Waals surface area contributed by atoms with Gasteiger partial charge in [-0.1, -0.05) is 6.92 Å². The SMILES string of the molecule is CC(N)C(C)C(=O)Nc1ccc2c(c1)oc(=O)n2C.Cl. The zero-order chi connectivity index (χ0) is 14.2. The van der Waals surface area contributed by atoms with Crippen LogP contribution in [0.15, 0.2) is 27.4 Å². The molecule has 1 aromatic carbocycles. The van der Waals surface area contributed by atoms with Crippen molar-refractivity contribution in [3.63, 3.8) is 0 Å². The molecule has 1 amide bonds. The van der Waals surface area contributed by atoms with Crippen molar-refractivity contribution in [3.8, 4) is 0 Å². The van der Waals surface area contributed by atoms with Gasteiger partial charge in [0.05, 0.1) is 11.4 Å². The van der Waals surface area contributed by atoms with Crippen LogP contribution in [0.1, 0.15) is 13.8 Å². The van der Waals surface area contributed by atoms with Crippen molar-refractivity contribution in [1.82, 2.24) is 4.57 Å². The first kappa shape index (κ1) is 16.3. The Morgan fingerprint density at radius 3 is 2.65 bits per heavy atom. The molecule has 2 unspecified atom stereocenters. The Hall–Kier alpha value is -1.79. The van der Waals surface area contributed by atoms with E-state index in [2.05, 4.69) is 5.32 Å². The van der Waals surface area contributed by atoms with Crippen LogP contribution >= 0.6 is 12.4 Å². The van der Waals surface area contributed by atoms with E-state index in [1.165, 1.54) is 4.57 Å². The second kappa shape index (κ2) is 6.11. The predicted octanol–water partition coefficient (Wildman–Crippen LogP) is 1.48. The second-order valence-electron chi connectivity index (χ2n) is 4.75. The molecule has 0 bridgehead atoms. The predicted molar refractivity (Wildman–Crippen MR) is 80.1 cm³/mol. The number of nitrogens with one attached hydrogen (secondary N) is 1. The lowest BCUT2D eigenvalue weighted by molar-refractivity contribution is -0.119. The first-order valence-electron chi connectivity index (χ1n) is 6.06. The van der Waals surface area contributed by atoms with Crippen LogP contribution in [-0.2, 0) is 11.8 Å². The maximum Gasteiger partial charge on any atom is 0.419 e. The highest BCUT2D eigenvalue weighted by atomic mass is 35.5. The molecule has 3 N–H and O–H groups in total. The summed E-state index contributed by atoms with van der Waals surface area (Å²) in [4.78, 5) is 23.2. The maximum absolute atomic E-state index is 11.9. The lowest BCUT2D eigenvalue weighted by atomic mass is 10.0. The van der Waals surface area contributed by atoms with Crippen LogP contribution in [0.4, 0.5) is 5.69 Å². The topological polar surface area (TPSA) is 90.3 Å². The van der Waals surface area contributed by atoms with E-state index < -0.39 is 5.76 Å². The van der Waals surface area contributed by atoms with Crippen LogP contribution in [0, 0.1) is 5.92 Å². The summed E-state index contributed by atoms with van der Waals surface area (Å²) in [6.45, 7) is 3.55. The Kier molecular flexibility index (Phi) is 4.97. The minimum atomic E-state index is -0.428. The van der Waals surface area contributed by atoms with Gasteiger partial charge in [0, 0.05) is 24.8 Å². The van der Waals surface area contributed by atoms with Crippen molar-refractivity contribution in [2.24, 2.45) is 18.7 Å². The number of nitrogens with two attached hydrogens (primary N) is 1. The number of carbonyl (C=O) groups is 1. The van der Waals surface area contributed by atoms with Gasteiger partial charge in [-0.25, -0.2) is 4.79 Å². The van der Waals surface area contributed by atoms with Gasteiger partial charge in [-0.3, -0.25) is 9.36 Å². The monoisotopic (exact) mass is 299 g/mol. The van der Waals surface area contributed by atoms with E-state index >= 15 is 0 Å². The summed E-state index contributed by atoms with van der Waals surface area (Å²) in [6, 6.07) is 4.86. The van der Waals surface area contributed by atoms with Gasteiger partial charge in [-0.05, 0) is 19.1 Å². The number of carbonyl (C=O) groups excluding carboxylic acids is 1. The third-order valence-electron chi connectivity index (χ3n) is 3.26. The van der Waals surface area contributed by atoms with E-state index in [1.807, 2.05) is 0 Å². The van der Waals surface area contributed by atoms with Crippen molar-refractivity contribution < 1.29 is 9.21 Å². The van der Waals surface area contributed by atoms with Crippen LogP contribution in [0.2, 0.25) is 0 Å². The normalized spacial score (nSPS) is 13.6.